The number of hydrogen-bond donors (Lipinski definition) is 0. The SMILES string of the molecule is Fc1cc(F)c(CCCCBr)cc1F. The predicted molar refractivity (Wildman–Crippen MR) is 53.0 cm³/mol. The van der Waals surface area contributed by atoms with Gasteiger partial charge < -0.3 is 0 Å². The van der Waals surface area contributed by atoms with Crippen LogP contribution in [-0.2, 0) is 6.42 Å². The van der Waals surface area contributed by atoms with E-state index in [-0.39, 0.29) is 5.56 Å². The van der Waals surface area contributed by atoms with E-state index in [1.165, 1.54) is 0 Å². The molecule has 0 bridgehead atoms. The Labute approximate surface area is 89.3 Å². The lowest BCUT2D eigenvalue weighted by molar-refractivity contribution is 0.489. The third kappa shape index (κ3) is 3.01. The first kappa shape index (κ1) is 11.6. The number of unbranched alkanes of at least 4 members (excludes halogenated alkanes) is 1. The third-order valence-electron chi connectivity index (χ3n) is 1.92. The molecule has 0 spiro atoms. The van der Waals surface area contributed by atoms with Crippen molar-refractivity contribution < 1.29 is 13.2 Å². The summed E-state index contributed by atoms with van der Waals surface area (Å²) in [6, 6.07) is 1.53. The molecule has 1 aromatic carbocycles. The molecule has 0 saturated heterocycles. The second kappa shape index (κ2) is 5.39. The molecule has 78 valence electrons. The number of rotatable bonds is 4. The van der Waals surface area contributed by atoms with Crippen molar-refractivity contribution in [3.05, 3.63) is 35.1 Å². The number of benzene rings is 1. The molecule has 1 rings (SSSR count). The van der Waals surface area contributed by atoms with Crippen molar-refractivity contribution in [2.75, 3.05) is 5.33 Å². The van der Waals surface area contributed by atoms with E-state index >= 15 is 0 Å². The summed E-state index contributed by atoms with van der Waals surface area (Å²) >= 11 is 3.24. The molecule has 0 aliphatic carbocycles. The summed E-state index contributed by atoms with van der Waals surface area (Å²) in [6.07, 6.45) is 2.08. The first-order chi connectivity index (χ1) is 6.65. The Hall–Kier alpha value is -0.510. The Morgan fingerprint density at radius 2 is 1.57 bits per heavy atom. The molecule has 0 nitrogen and oxygen atoms in total. The molecular formula is C10H10BrF3. The first-order valence-corrected chi connectivity index (χ1v) is 5.46. The molecule has 0 aliphatic heterocycles. The highest BCUT2D eigenvalue weighted by atomic mass is 79.9. The highest BCUT2D eigenvalue weighted by Crippen LogP contribution is 2.15. The molecule has 0 radical (unpaired) electrons. The maximum absolute atomic E-state index is 13.0. The van der Waals surface area contributed by atoms with Crippen LogP contribution in [0.4, 0.5) is 13.2 Å². The fraction of sp³-hybridized carbons (Fsp3) is 0.400. The van der Waals surface area contributed by atoms with E-state index in [9.17, 15) is 13.2 Å². The van der Waals surface area contributed by atoms with E-state index in [1.807, 2.05) is 0 Å². The van der Waals surface area contributed by atoms with Crippen molar-refractivity contribution >= 4 is 15.9 Å². The number of halogens is 4. The van der Waals surface area contributed by atoms with Crippen LogP contribution in [-0.4, -0.2) is 5.33 Å². The number of aryl methyl sites for hydroxylation is 1. The lowest BCUT2D eigenvalue weighted by Crippen LogP contribution is -1.95. The molecule has 0 saturated carbocycles. The standard InChI is InChI=1S/C10H10BrF3/c11-4-2-1-3-7-5-9(13)10(14)6-8(7)12/h5-6H,1-4H2. The van der Waals surface area contributed by atoms with E-state index in [0.717, 1.165) is 24.2 Å². The molecule has 0 amide bonds. The van der Waals surface area contributed by atoms with Gasteiger partial charge in [-0.05, 0) is 30.9 Å². The molecular weight excluding hydrogens is 257 g/mol. The Bertz CT molecular complexity index is 312. The Kier molecular flexibility index (Phi) is 4.45. The Morgan fingerprint density at radius 1 is 0.929 bits per heavy atom. The fourth-order valence-corrected chi connectivity index (χ4v) is 1.56. The zero-order valence-electron chi connectivity index (χ0n) is 7.49. The second-order valence-electron chi connectivity index (χ2n) is 3.00. The molecule has 0 fully saturated rings. The van der Waals surface area contributed by atoms with Gasteiger partial charge in [-0.2, -0.15) is 0 Å². The molecule has 0 aliphatic rings. The normalized spacial score (nSPS) is 10.6. The van der Waals surface area contributed by atoms with Crippen LogP contribution in [0.3, 0.4) is 0 Å². The summed E-state index contributed by atoms with van der Waals surface area (Å²) in [5.74, 6) is -2.79. The molecule has 0 atom stereocenters. The Morgan fingerprint density at radius 3 is 2.21 bits per heavy atom. The number of hydrogen-bond acceptors (Lipinski definition) is 0. The van der Waals surface area contributed by atoms with Crippen LogP contribution < -0.4 is 0 Å². The van der Waals surface area contributed by atoms with Crippen LogP contribution in [0, 0.1) is 17.5 Å². The molecule has 0 heterocycles. The van der Waals surface area contributed by atoms with E-state index in [0.29, 0.717) is 12.5 Å². The largest absolute Gasteiger partial charge is 0.207 e. The van der Waals surface area contributed by atoms with Gasteiger partial charge in [-0.15, -0.1) is 0 Å². The minimum atomic E-state index is -1.13. The van der Waals surface area contributed by atoms with Gasteiger partial charge >= 0.3 is 0 Å². The molecule has 4 heteroatoms. The van der Waals surface area contributed by atoms with E-state index in [4.69, 9.17) is 0 Å². The van der Waals surface area contributed by atoms with Crippen molar-refractivity contribution in [1.29, 1.82) is 0 Å². The average Bonchev–Trinajstić information content (AvgIpc) is 2.14. The fourth-order valence-electron chi connectivity index (χ4n) is 1.17. The topological polar surface area (TPSA) is 0 Å². The first-order valence-electron chi connectivity index (χ1n) is 4.34. The van der Waals surface area contributed by atoms with Gasteiger partial charge in [0, 0.05) is 11.4 Å². The quantitative estimate of drug-likeness (QED) is 0.442. The van der Waals surface area contributed by atoms with Gasteiger partial charge in [0.2, 0.25) is 0 Å². The van der Waals surface area contributed by atoms with Gasteiger partial charge in [0.05, 0.1) is 0 Å². The van der Waals surface area contributed by atoms with Crippen molar-refractivity contribution in [3.63, 3.8) is 0 Å². The van der Waals surface area contributed by atoms with E-state index < -0.39 is 17.5 Å². The monoisotopic (exact) mass is 266 g/mol. The summed E-state index contributed by atoms with van der Waals surface area (Å²) in [5, 5.41) is 0.832. The Balaban J connectivity index is 2.72. The predicted octanol–water partition coefficient (Wildman–Crippen LogP) is 3.82. The zero-order valence-corrected chi connectivity index (χ0v) is 9.08. The second-order valence-corrected chi connectivity index (χ2v) is 3.80. The summed E-state index contributed by atoms with van der Waals surface area (Å²) in [4.78, 5) is 0. The van der Waals surface area contributed by atoms with Crippen molar-refractivity contribution in [2.24, 2.45) is 0 Å². The van der Waals surface area contributed by atoms with E-state index in [1.54, 1.807) is 0 Å². The van der Waals surface area contributed by atoms with Gasteiger partial charge in [-0.25, -0.2) is 13.2 Å². The van der Waals surface area contributed by atoms with Crippen LogP contribution >= 0.6 is 15.9 Å². The maximum atomic E-state index is 13.0. The molecule has 0 aromatic heterocycles. The molecule has 0 N–H and O–H groups in total. The molecule has 1 aromatic rings. The highest BCUT2D eigenvalue weighted by Gasteiger charge is 2.08. The van der Waals surface area contributed by atoms with Crippen molar-refractivity contribution in [1.82, 2.24) is 0 Å². The minimum Gasteiger partial charge on any atom is -0.207 e. The molecule has 14 heavy (non-hydrogen) atoms. The van der Waals surface area contributed by atoms with Crippen LogP contribution in [0.5, 0.6) is 0 Å². The highest BCUT2D eigenvalue weighted by molar-refractivity contribution is 9.09. The van der Waals surface area contributed by atoms with Gasteiger partial charge in [-0.1, -0.05) is 15.9 Å². The van der Waals surface area contributed by atoms with E-state index in [2.05, 4.69) is 15.9 Å². The van der Waals surface area contributed by atoms with Crippen LogP contribution in [0.25, 0.3) is 0 Å². The van der Waals surface area contributed by atoms with Crippen LogP contribution in [0.2, 0.25) is 0 Å². The summed E-state index contributed by atoms with van der Waals surface area (Å²) in [7, 11) is 0. The van der Waals surface area contributed by atoms with Gasteiger partial charge in [0.15, 0.2) is 11.6 Å². The molecule has 0 unspecified atom stereocenters. The van der Waals surface area contributed by atoms with Gasteiger partial charge in [-0.3, -0.25) is 0 Å². The van der Waals surface area contributed by atoms with Gasteiger partial charge in [0.1, 0.15) is 5.82 Å². The lowest BCUT2D eigenvalue weighted by atomic mass is 10.1. The summed E-state index contributed by atoms with van der Waals surface area (Å²) in [5.41, 5.74) is 0.241. The lowest BCUT2D eigenvalue weighted by Gasteiger charge is -2.03. The van der Waals surface area contributed by atoms with Crippen molar-refractivity contribution in [2.45, 2.75) is 19.3 Å². The summed E-state index contributed by atoms with van der Waals surface area (Å²) < 4.78 is 38.3. The number of alkyl halides is 1. The average molecular weight is 267 g/mol. The zero-order chi connectivity index (χ0) is 10.6. The third-order valence-corrected chi connectivity index (χ3v) is 2.48. The van der Waals surface area contributed by atoms with Crippen LogP contribution in [0.1, 0.15) is 18.4 Å². The smallest absolute Gasteiger partial charge is 0.161 e. The van der Waals surface area contributed by atoms with Crippen molar-refractivity contribution in [3.8, 4) is 0 Å². The maximum Gasteiger partial charge on any atom is 0.161 e. The van der Waals surface area contributed by atoms with Gasteiger partial charge in [0.25, 0.3) is 0 Å². The minimum absolute atomic E-state index is 0.241. The van der Waals surface area contributed by atoms with Crippen LogP contribution in [0.15, 0.2) is 12.1 Å². The summed E-state index contributed by atoms with van der Waals surface area (Å²) in [6.45, 7) is 0.